The van der Waals surface area contributed by atoms with Crippen LogP contribution >= 0.6 is 0 Å². The van der Waals surface area contributed by atoms with Crippen molar-refractivity contribution >= 4 is 21.1 Å². The maximum absolute atomic E-state index is 13.1. The van der Waals surface area contributed by atoms with Gasteiger partial charge in [-0.05, 0) is 37.1 Å². The first kappa shape index (κ1) is 18.9. The van der Waals surface area contributed by atoms with Crippen LogP contribution in [-0.2, 0) is 28.4 Å². The topological polar surface area (TPSA) is 94.6 Å². The Balaban J connectivity index is 1.51. The number of aromatic nitrogens is 2. The van der Waals surface area contributed by atoms with Gasteiger partial charge < -0.3 is 9.15 Å². The second-order valence-electron chi connectivity index (χ2n) is 6.82. The van der Waals surface area contributed by atoms with Crippen molar-refractivity contribution in [2.75, 3.05) is 13.1 Å². The molecule has 0 bridgehead atoms. The predicted octanol–water partition coefficient (Wildman–Crippen LogP) is 1.90. The summed E-state index contributed by atoms with van der Waals surface area (Å²) < 4.78 is 39.9. The molecule has 28 heavy (non-hydrogen) atoms. The zero-order valence-corrected chi connectivity index (χ0v) is 16.3. The minimum Gasteiger partial charge on any atom is -0.408 e. The lowest BCUT2D eigenvalue weighted by Crippen LogP contribution is -2.43. The summed E-state index contributed by atoms with van der Waals surface area (Å²) in [6, 6.07) is 10.1. The Morgan fingerprint density at radius 2 is 2.14 bits per heavy atom. The molecule has 1 atom stereocenters. The fourth-order valence-electron chi connectivity index (χ4n) is 3.37. The summed E-state index contributed by atoms with van der Waals surface area (Å²) in [5.74, 6) is -0.523. The first-order chi connectivity index (χ1) is 13.4. The molecule has 4 rings (SSSR count). The Morgan fingerprint density at radius 3 is 2.93 bits per heavy atom. The van der Waals surface area contributed by atoms with E-state index in [0.29, 0.717) is 18.7 Å². The maximum Gasteiger partial charge on any atom is 0.419 e. The summed E-state index contributed by atoms with van der Waals surface area (Å²) in [5.41, 5.74) is 1.62. The van der Waals surface area contributed by atoms with Gasteiger partial charge in [0.25, 0.3) is 0 Å². The summed E-state index contributed by atoms with van der Waals surface area (Å²) in [6.07, 6.45) is 3.03. The quantitative estimate of drug-likeness (QED) is 0.646. The van der Waals surface area contributed by atoms with Gasteiger partial charge in [0.05, 0.1) is 28.8 Å². The van der Waals surface area contributed by atoms with E-state index < -0.39 is 15.8 Å². The second kappa shape index (κ2) is 7.50. The number of pyridine rings is 1. The zero-order chi connectivity index (χ0) is 19.7. The Morgan fingerprint density at radius 1 is 1.29 bits per heavy atom. The number of benzene rings is 1. The maximum atomic E-state index is 13.1. The van der Waals surface area contributed by atoms with Crippen molar-refractivity contribution in [2.24, 2.45) is 7.05 Å². The van der Waals surface area contributed by atoms with Crippen LogP contribution < -0.4 is 5.76 Å². The monoisotopic (exact) mass is 403 g/mol. The van der Waals surface area contributed by atoms with Crippen LogP contribution in [0.5, 0.6) is 0 Å². The minimum absolute atomic E-state index is 0.111. The molecule has 8 nitrogen and oxygen atoms in total. The van der Waals surface area contributed by atoms with Gasteiger partial charge in [-0.2, -0.15) is 4.31 Å². The molecule has 0 spiro atoms. The average molecular weight is 403 g/mol. The molecule has 2 aromatic heterocycles. The van der Waals surface area contributed by atoms with Crippen LogP contribution in [0, 0.1) is 0 Å². The van der Waals surface area contributed by atoms with Gasteiger partial charge in [-0.15, -0.1) is 0 Å². The molecule has 148 valence electrons. The molecule has 0 N–H and O–H groups in total. The molecule has 0 amide bonds. The lowest BCUT2D eigenvalue weighted by atomic mass is 10.1. The van der Waals surface area contributed by atoms with Gasteiger partial charge in [0, 0.05) is 32.4 Å². The van der Waals surface area contributed by atoms with E-state index in [1.807, 2.05) is 18.2 Å². The fraction of sp³-hybridized carbons (Fsp3) is 0.368. The summed E-state index contributed by atoms with van der Waals surface area (Å²) in [7, 11) is -2.13. The van der Waals surface area contributed by atoms with Crippen molar-refractivity contribution in [3.05, 3.63) is 58.8 Å². The lowest BCUT2D eigenvalue weighted by molar-refractivity contribution is 0.00666. The SMILES string of the molecule is Cn1c(=O)oc2cc(S(=O)(=O)N3CCCC(OCc4ccccn4)C3)ccc21. The van der Waals surface area contributed by atoms with E-state index in [1.165, 1.54) is 21.0 Å². The molecule has 0 radical (unpaired) electrons. The number of oxazole rings is 1. The first-order valence-electron chi connectivity index (χ1n) is 9.06. The molecular formula is C19H21N3O5S. The summed E-state index contributed by atoms with van der Waals surface area (Å²) in [6.45, 7) is 1.06. The Hall–Kier alpha value is -2.49. The smallest absolute Gasteiger partial charge is 0.408 e. The van der Waals surface area contributed by atoms with Crippen LogP contribution in [-0.4, -0.2) is 41.5 Å². The molecule has 3 aromatic rings. The molecule has 1 aromatic carbocycles. The van der Waals surface area contributed by atoms with Gasteiger partial charge in [-0.1, -0.05) is 6.07 Å². The van der Waals surface area contributed by atoms with Crippen LogP contribution in [0.2, 0.25) is 0 Å². The van der Waals surface area contributed by atoms with Crippen LogP contribution in [0.3, 0.4) is 0 Å². The van der Waals surface area contributed by atoms with Crippen LogP contribution in [0.15, 0.2) is 56.7 Å². The molecule has 1 fully saturated rings. The van der Waals surface area contributed by atoms with E-state index in [4.69, 9.17) is 9.15 Å². The van der Waals surface area contributed by atoms with Gasteiger partial charge in [0.15, 0.2) is 5.58 Å². The second-order valence-corrected chi connectivity index (χ2v) is 8.75. The third kappa shape index (κ3) is 3.60. The number of fused-ring (bicyclic) bond motifs is 1. The molecular weight excluding hydrogens is 382 g/mol. The number of hydrogen-bond donors (Lipinski definition) is 0. The third-order valence-corrected chi connectivity index (χ3v) is 6.80. The number of rotatable bonds is 5. The highest BCUT2D eigenvalue weighted by Gasteiger charge is 2.31. The van der Waals surface area contributed by atoms with E-state index in [0.717, 1.165) is 18.5 Å². The van der Waals surface area contributed by atoms with E-state index in [9.17, 15) is 13.2 Å². The lowest BCUT2D eigenvalue weighted by Gasteiger charge is -2.31. The van der Waals surface area contributed by atoms with E-state index in [1.54, 1.807) is 19.3 Å². The first-order valence-corrected chi connectivity index (χ1v) is 10.5. The molecule has 0 saturated carbocycles. The zero-order valence-electron chi connectivity index (χ0n) is 15.4. The average Bonchev–Trinajstić information content (AvgIpc) is 3.00. The number of piperidine rings is 1. The highest BCUT2D eigenvalue weighted by Crippen LogP contribution is 2.25. The highest BCUT2D eigenvalue weighted by molar-refractivity contribution is 7.89. The van der Waals surface area contributed by atoms with Gasteiger partial charge in [0.1, 0.15) is 0 Å². The van der Waals surface area contributed by atoms with E-state index >= 15 is 0 Å². The van der Waals surface area contributed by atoms with Crippen molar-refractivity contribution in [1.29, 1.82) is 0 Å². The number of hydrogen-bond acceptors (Lipinski definition) is 6. The summed E-state index contributed by atoms with van der Waals surface area (Å²) in [5, 5.41) is 0. The largest absolute Gasteiger partial charge is 0.419 e. The number of nitrogens with zero attached hydrogens (tertiary/aromatic N) is 3. The van der Waals surface area contributed by atoms with E-state index in [2.05, 4.69) is 4.98 Å². The van der Waals surface area contributed by atoms with Crippen molar-refractivity contribution in [3.63, 3.8) is 0 Å². The third-order valence-electron chi connectivity index (χ3n) is 4.94. The van der Waals surface area contributed by atoms with Gasteiger partial charge in [-0.3, -0.25) is 9.55 Å². The van der Waals surface area contributed by atoms with Gasteiger partial charge >= 0.3 is 5.76 Å². The normalized spacial score (nSPS) is 18.5. The molecule has 1 aliphatic heterocycles. The van der Waals surface area contributed by atoms with Crippen molar-refractivity contribution in [1.82, 2.24) is 13.9 Å². The predicted molar refractivity (Wildman–Crippen MR) is 102 cm³/mol. The minimum atomic E-state index is -3.71. The number of aryl methyl sites for hydroxylation is 1. The van der Waals surface area contributed by atoms with Crippen LogP contribution in [0.4, 0.5) is 0 Å². The number of sulfonamides is 1. The van der Waals surface area contributed by atoms with Crippen molar-refractivity contribution in [2.45, 2.75) is 30.4 Å². The van der Waals surface area contributed by atoms with Crippen LogP contribution in [0.25, 0.3) is 11.1 Å². The van der Waals surface area contributed by atoms with Crippen molar-refractivity contribution in [3.8, 4) is 0 Å². The molecule has 0 aliphatic carbocycles. The fourth-order valence-corrected chi connectivity index (χ4v) is 4.90. The van der Waals surface area contributed by atoms with Crippen LogP contribution in [0.1, 0.15) is 18.5 Å². The number of ether oxygens (including phenoxy) is 1. The van der Waals surface area contributed by atoms with E-state index in [-0.39, 0.29) is 23.1 Å². The Kier molecular flexibility index (Phi) is 5.05. The highest BCUT2D eigenvalue weighted by atomic mass is 32.2. The Bertz CT molecular complexity index is 1140. The summed E-state index contributed by atoms with van der Waals surface area (Å²) >= 11 is 0. The molecule has 1 aliphatic rings. The molecule has 1 saturated heterocycles. The molecule has 1 unspecified atom stereocenters. The standard InChI is InChI=1S/C19H21N3O5S/c1-21-17-8-7-16(11-18(17)27-19(21)23)28(24,25)22-10-4-6-15(12-22)26-13-14-5-2-3-9-20-14/h2-3,5,7-9,11,15H,4,6,10,12-13H2,1H3. The molecule has 9 heteroatoms. The van der Waals surface area contributed by atoms with Crippen molar-refractivity contribution < 1.29 is 17.6 Å². The molecule has 3 heterocycles. The van der Waals surface area contributed by atoms with Gasteiger partial charge in [-0.25, -0.2) is 13.2 Å². The summed E-state index contributed by atoms with van der Waals surface area (Å²) in [4.78, 5) is 16.0. The van der Waals surface area contributed by atoms with Gasteiger partial charge in [0.2, 0.25) is 10.0 Å². The Labute approximate surface area is 162 Å².